The van der Waals surface area contributed by atoms with Gasteiger partial charge < -0.3 is 19.8 Å². The first-order chi connectivity index (χ1) is 16.2. The van der Waals surface area contributed by atoms with E-state index in [0.717, 1.165) is 33.7 Å². The average molecular weight is 438 g/mol. The van der Waals surface area contributed by atoms with Crippen LogP contribution in [0.25, 0.3) is 11.2 Å². The topological polar surface area (TPSA) is 85.0 Å². The molecule has 2 N–H and O–H groups in total. The molecule has 0 amide bonds. The number of benzene rings is 3. The van der Waals surface area contributed by atoms with Gasteiger partial charge in [0.2, 0.25) is 0 Å². The first-order valence-electron chi connectivity index (χ1n) is 10.5. The summed E-state index contributed by atoms with van der Waals surface area (Å²) in [7, 11) is 3.33. The lowest BCUT2D eigenvalue weighted by molar-refractivity contribution is 0.414. The van der Waals surface area contributed by atoms with Crippen LogP contribution < -0.4 is 14.8 Å². The molecule has 0 spiro atoms. The fourth-order valence-electron chi connectivity index (χ4n) is 4.12. The monoisotopic (exact) mass is 437 g/mol. The third-order valence-corrected chi connectivity index (χ3v) is 5.78. The number of nitrogens with zero attached hydrogens (tertiary/aromatic N) is 3. The fraction of sp³-hybridized carbons (Fsp3) is 0.115. The summed E-state index contributed by atoms with van der Waals surface area (Å²) in [6, 6.07) is 26.4. The minimum Gasteiger partial charge on any atom is -0.497 e. The fourth-order valence-corrected chi connectivity index (χ4v) is 4.12. The molecule has 0 radical (unpaired) electrons. The van der Waals surface area contributed by atoms with Gasteiger partial charge in [-0.2, -0.15) is 0 Å². The quantitative estimate of drug-likeness (QED) is 0.357. The highest BCUT2D eigenvalue weighted by molar-refractivity contribution is 5.83. The van der Waals surface area contributed by atoms with Crippen LogP contribution in [0.4, 0.5) is 5.82 Å². The Kier molecular flexibility index (Phi) is 5.36. The van der Waals surface area contributed by atoms with E-state index >= 15 is 0 Å². The van der Waals surface area contributed by atoms with Crippen LogP contribution in [0, 0.1) is 0 Å². The molecule has 0 aliphatic rings. The van der Waals surface area contributed by atoms with Crippen LogP contribution in [-0.4, -0.2) is 34.2 Å². The Labute approximate surface area is 191 Å². The van der Waals surface area contributed by atoms with Crippen molar-refractivity contribution in [2.45, 2.75) is 5.54 Å². The molecule has 7 nitrogen and oxygen atoms in total. The molecule has 3 aromatic carbocycles. The van der Waals surface area contributed by atoms with Crippen molar-refractivity contribution in [1.82, 2.24) is 19.9 Å². The van der Waals surface area contributed by atoms with Gasteiger partial charge in [0, 0.05) is 0 Å². The molecule has 0 saturated heterocycles. The Balaban J connectivity index is 1.79. The van der Waals surface area contributed by atoms with Gasteiger partial charge in [0.25, 0.3) is 0 Å². The van der Waals surface area contributed by atoms with Gasteiger partial charge in [-0.3, -0.25) is 0 Å². The Morgan fingerprint density at radius 2 is 1.27 bits per heavy atom. The number of imidazole rings is 1. The molecule has 2 heterocycles. The van der Waals surface area contributed by atoms with Gasteiger partial charge in [-0.05, 0) is 41.0 Å². The summed E-state index contributed by atoms with van der Waals surface area (Å²) in [6.07, 6.45) is 3.14. The second kappa shape index (κ2) is 8.63. The van der Waals surface area contributed by atoms with E-state index in [0.29, 0.717) is 11.5 Å². The van der Waals surface area contributed by atoms with Crippen LogP contribution >= 0.6 is 0 Å². The maximum absolute atomic E-state index is 5.42. The van der Waals surface area contributed by atoms with Crippen LogP contribution in [0.2, 0.25) is 0 Å². The van der Waals surface area contributed by atoms with E-state index in [-0.39, 0.29) is 0 Å². The third-order valence-electron chi connectivity index (χ3n) is 5.78. The number of anilines is 1. The summed E-state index contributed by atoms with van der Waals surface area (Å²) in [5.74, 6) is 2.22. The number of methoxy groups -OCH3 is 2. The van der Waals surface area contributed by atoms with E-state index in [2.05, 4.69) is 61.7 Å². The highest BCUT2D eigenvalue weighted by atomic mass is 16.5. The van der Waals surface area contributed by atoms with Crippen molar-refractivity contribution in [1.29, 1.82) is 0 Å². The van der Waals surface area contributed by atoms with E-state index < -0.39 is 5.54 Å². The van der Waals surface area contributed by atoms with Crippen molar-refractivity contribution in [3.63, 3.8) is 0 Å². The van der Waals surface area contributed by atoms with Gasteiger partial charge in [0.15, 0.2) is 11.5 Å². The summed E-state index contributed by atoms with van der Waals surface area (Å²) in [6.45, 7) is 0. The molecule has 7 heteroatoms. The maximum atomic E-state index is 5.42. The Bertz CT molecular complexity index is 1300. The summed E-state index contributed by atoms with van der Waals surface area (Å²) in [5, 5.41) is 3.74. The Morgan fingerprint density at radius 1 is 0.697 bits per heavy atom. The van der Waals surface area contributed by atoms with Gasteiger partial charge in [-0.25, -0.2) is 15.0 Å². The molecule has 5 aromatic rings. The molecule has 164 valence electrons. The molecule has 5 rings (SSSR count). The normalized spacial score (nSPS) is 11.3. The van der Waals surface area contributed by atoms with E-state index in [9.17, 15) is 0 Å². The van der Waals surface area contributed by atoms with Gasteiger partial charge in [-0.15, -0.1) is 0 Å². The summed E-state index contributed by atoms with van der Waals surface area (Å²) >= 11 is 0. The molecule has 33 heavy (non-hydrogen) atoms. The Hall–Kier alpha value is -4.39. The predicted molar refractivity (Wildman–Crippen MR) is 128 cm³/mol. The summed E-state index contributed by atoms with van der Waals surface area (Å²) in [5.41, 5.74) is 3.65. The van der Waals surface area contributed by atoms with Gasteiger partial charge in [0.1, 0.15) is 28.9 Å². The minimum atomic E-state index is -0.772. The lowest BCUT2D eigenvalue weighted by atomic mass is 9.77. The van der Waals surface area contributed by atoms with Crippen molar-refractivity contribution < 1.29 is 9.47 Å². The molecular formula is C26H23N5O2. The second-order valence-corrected chi connectivity index (χ2v) is 7.52. The number of hydrogen-bond donors (Lipinski definition) is 2. The number of nitrogens with one attached hydrogen (secondary N) is 2. The van der Waals surface area contributed by atoms with Crippen LogP contribution in [0.15, 0.2) is 91.5 Å². The number of H-pyrrole nitrogens is 1. The zero-order valence-corrected chi connectivity index (χ0v) is 18.3. The summed E-state index contributed by atoms with van der Waals surface area (Å²) < 4.78 is 10.8. The van der Waals surface area contributed by atoms with Crippen LogP contribution in [0.5, 0.6) is 11.5 Å². The molecule has 0 saturated carbocycles. The van der Waals surface area contributed by atoms with Crippen LogP contribution in [0.1, 0.15) is 16.7 Å². The zero-order chi connectivity index (χ0) is 22.7. The zero-order valence-electron chi connectivity index (χ0n) is 18.3. The first kappa shape index (κ1) is 20.5. The average Bonchev–Trinajstić information content (AvgIpc) is 3.38. The number of fused-ring (bicyclic) bond motifs is 1. The number of ether oxygens (including phenoxy) is 2. The van der Waals surface area contributed by atoms with E-state index in [1.807, 2.05) is 42.5 Å². The van der Waals surface area contributed by atoms with Crippen LogP contribution in [0.3, 0.4) is 0 Å². The van der Waals surface area contributed by atoms with E-state index in [1.54, 1.807) is 20.5 Å². The second-order valence-electron chi connectivity index (χ2n) is 7.52. The molecular weight excluding hydrogens is 414 g/mol. The number of hydrogen-bond acceptors (Lipinski definition) is 6. The Morgan fingerprint density at radius 3 is 1.85 bits per heavy atom. The summed E-state index contributed by atoms with van der Waals surface area (Å²) in [4.78, 5) is 16.3. The molecule has 0 aliphatic heterocycles. The van der Waals surface area contributed by atoms with Crippen LogP contribution in [-0.2, 0) is 5.54 Å². The highest BCUT2D eigenvalue weighted by Crippen LogP contribution is 2.41. The number of aromatic amines is 1. The molecule has 0 fully saturated rings. The number of rotatable bonds is 7. The standard InChI is InChI=1S/C26H23N5O2/c1-32-21-12-8-19(9-13-21)26(18-6-4-3-5-7-18,20-10-14-22(33-2)15-11-20)31-25-23-24(28-16-27-23)29-17-30-25/h3-17H,1-2H3,(H2,27,28,29,30,31). The molecule has 0 aliphatic carbocycles. The smallest absolute Gasteiger partial charge is 0.182 e. The predicted octanol–water partition coefficient (Wildman–Crippen LogP) is 4.77. The van der Waals surface area contributed by atoms with Crippen molar-refractivity contribution in [3.8, 4) is 11.5 Å². The van der Waals surface area contributed by atoms with Gasteiger partial charge in [-0.1, -0.05) is 54.6 Å². The lowest BCUT2D eigenvalue weighted by Crippen LogP contribution is -2.38. The maximum Gasteiger partial charge on any atom is 0.182 e. The molecule has 0 bridgehead atoms. The first-order valence-corrected chi connectivity index (χ1v) is 10.5. The van der Waals surface area contributed by atoms with E-state index in [4.69, 9.17) is 9.47 Å². The molecule has 0 atom stereocenters. The largest absolute Gasteiger partial charge is 0.497 e. The SMILES string of the molecule is COc1ccc(C(Nc2ncnc3nc[nH]c23)(c2ccccc2)c2ccc(OC)cc2)cc1. The van der Waals surface area contributed by atoms with Crippen molar-refractivity contribution in [2.24, 2.45) is 0 Å². The molecule has 0 unspecified atom stereocenters. The van der Waals surface area contributed by atoms with Gasteiger partial charge >= 0.3 is 0 Å². The third kappa shape index (κ3) is 3.63. The lowest BCUT2D eigenvalue weighted by Gasteiger charge is -2.37. The minimum absolute atomic E-state index is 0.596. The van der Waals surface area contributed by atoms with E-state index in [1.165, 1.54) is 6.33 Å². The number of aromatic nitrogens is 4. The van der Waals surface area contributed by atoms with Crippen molar-refractivity contribution >= 4 is 17.0 Å². The van der Waals surface area contributed by atoms with Crippen molar-refractivity contribution in [2.75, 3.05) is 19.5 Å². The van der Waals surface area contributed by atoms with Gasteiger partial charge in [0.05, 0.1) is 20.5 Å². The highest BCUT2D eigenvalue weighted by Gasteiger charge is 2.37. The molecule has 2 aromatic heterocycles. The van der Waals surface area contributed by atoms with Crippen molar-refractivity contribution in [3.05, 3.63) is 108 Å².